The Morgan fingerprint density at radius 2 is 1.95 bits per heavy atom. The molecule has 0 amide bonds. The average Bonchev–Trinajstić information content (AvgIpc) is 2.46. The van der Waals surface area contributed by atoms with Gasteiger partial charge in [-0.25, -0.2) is 8.78 Å². The smallest absolute Gasteiger partial charge is 0.270 e. The summed E-state index contributed by atoms with van der Waals surface area (Å²) in [5.41, 5.74) is -0.403. The van der Waals surface area contributed by atoms with Gasteiger partial charge in [0.1, 0.15) is 5.78 Å². The molecule has 0 bridgehead atoms. The highest BCUT2D eigenvalue weighted by Crippen LogP contribution is 2.35. The highest BCUT2D eigenvalue weighted by atomic mass is 19.3. The zero-order valence-corrected chi connectivity index (χ0v) is 11.6. The molecule has 1 aliphatic rings. The van der Waals surface area contributed by atoms with E-state index in [4.69, 9.17) is 0 Å². The van der Waals surface area contributed by atoms with Crippen molar-refractivity contribution in [3.8, 4) is 0 Å². The summed E-state index contributed by atoms with van der Waals surface area (Å²) >= 11 is 0. The average molecular weight is 298 g/mol. The zero-order chi connectivity index (χ0) is 15.6. The summed E-state index contributed by atoms with van der Waals surface area (Å²) in [5.74, 6) is 0.192. The molecule has 0 aliphatic heterocycles. The van der Waals surface area contributed by atoms with Gasteiger partial charge in [0.2, 0.25) is 0 Å². The number of Topliss-reactive ketones (excluding diaryl/α,β-unsaturated/α-hetero) is 1. The summed E-state index contributed by atoms with van der Waals surface area (Å²) in [6.45, 7) is 0. The molecule has 1 aromatic rings. The van der Waals surface area contributed by atoms with Crippen LogP contribution in [-0.4, -0.2) is 23.8 Å². The van der Waals surface area contributed by atoms with Crippen LogP contribution in [0.25, 0.3) is 0 Å². The SMILES string of the molecule is CN(c1ccc([N+](=O)[O-])cc1C(F)F)C1CCC(=O)CC1. The molecule has 1 saturated carbocycles. The van der Waals surface area contributed by atoms with Crippen molar-refractivity contribution in [2.45, 2.75) is 38.2 Å². The Morgan fingerprint density at radius 3 is 2.48 bits per heavy atom. The molecule has 1 aromatic carbocycles. The number of benzene rings is 1. The van der Waals surface area contributed by atoms with E-state index in [-0.39, 0.29) is 28.8 Å². The van der Waals surface area contributed by atoms with Crippen molar-refractivity contribution in [2.75, 3.05) is 11.9 Å². The van der Waals surface area contributed by atoms with Crippen LogP contribution in [0.2, 0.25) is 0 Å². The molecule has 0 aromatic heterocycles. The fourth-order valence-electron chi connectivity index (χ4n) is 2.66. The molecule has 0 heterocycles. The first-order chi connectivity index (χ1) is 9.90. The maximum atomic E-state index is 13.2. The zero-order valence-electron chi connectivity index (χ0n) is 11.6. The van der Waals surface area contributed by atoms with Gasteiger partial charge in [-0.2, -0.15) is 0 Å². The van der Waals surface area contributed by atoms with Crippen LogP contribution in [0.15, 0.2) is 18.2 Å². The number of hydrogen-bond donors (Lipinski definition) is 0. The Balaban J connectivity index is 2.29. The van der Waals surface area contributed by atoms with E-state index >= 15 is 0 Å². The van der Waals surface area contributed by atoms with Crippen LogP contribution >= 0.6 is 0 Å². The van der Waals surface area contributed by atoms with Crippen LogP contribution in [0.5, 0.6) is 0 Å². The Hall–Kier alpha value is -2.05. The molecule has 0 spiro atoms. The Bertz CT molecular complexity index is 553. The van der Waals surface area contributed by atoms with Gasteiger partial charge in [-0.05, 0) is 18.9 Å². The predicted molar refractivity (Wildman–Crippen MR) is 73.7 cm³/mol. The molecule has 7 heteroatoms. The number of non-ortho nitro benzene ring substituents is 1. The summed E-state index contributed by atoms with van der Waals surface area (Å²) in [6.07, 6.45) is -0.644. The van der Waals surface area contributed by atoms with E-state index in [1.807, 2.05) is 0 Å². The summed E-state index contributed by atoms with van der Waals surface area (Å²) in [4.78, 5) is 23.0. The van der Waals surface area contributed by atoms with Gasteiger partial charge in [0.25, 0.3) is 12.1 Å². The van der Waals surface area contributed by atoms with Gasteiger partial charge in [-0.1, -0.05) is 0 Å². The molecule has 114 valence electrons. The third kappa shape index (κ3) is 3.34. The number of rotatable bonds is 4. The number of alkyl halides is 2. The molecule has 1 aliphatic carbocycles. The second kappa shape index (κ2) is 6.15. The third-order valence-electron chi connectivity index (χ3n) is 3.90. The number of carbonyl (C=O) groups is 1. The quantitative estimate of drug-likeness (QED) is 0.630. The van der Waals surface area contributed by atoms with E-state index in [0.29, 0.717) is 25.7 Å². The summed E-state index contributed by atoms with van der Waals surface area (Å²) in [6, 6.07) is 3.51. The number of ketones is 1. The summed E-state index contributed by atoms with van der Waals surface area (Å²) in [7, 11) is 1.69. The third-order valence-corrected chi connectivity index (χ3v) is 3.90. The van der Waals surface area contributed by atoms with E-state index in [1.165, 1.54) is 12.1 Å². The minimum Gasteiger partial charge on any atom is -0.371 e. The molecule has 0 atom stereocenters. The van der Waals surface area contributed by atoms with E-state index in [2.05, 4.69) is 0 Å². The number of anilines is 1. The van der Waals surface area contributed by atoms with Crippen molar-refractivity contribution in [3.05, 3.63) is 33.9 Å². The fourth-order valence-corrected chi connectivity index (χ4v) is 2.66. The number of carbonyl (C=O) groups excluding carboxylic acids is 1. The fraction of sp³-hybridized carbons (Fsp3) is 0.500. The highest BCUT2D eigenvalue weighted by Gasteiger charge is 2.26. The van der Waals surface area contributed by atoms with Gasteiger partial charge in [0, 0.05) is 49.3 Å². The van der Waals surface area contributed by atoms with Crippen molar-refractivity contribution >= 4 is 17.2 Å². The topological polar surface area (TPSA) is 63.4 Å². The molecule has 0 N–H and O–H groups in total. The number of nitro benzene ring substituents is 1. The normalized spacial score (nSPS) is 16.3. The maximum Gasteiger partial charge on any atom is 0.270 e. The molecule has 21 heavy (non-hydrogen) atoms. The Morgan fingerprint density at radius 1 is 1.33 bits per heavy atom. The Labute approximate surface area is 120 Å². The highest BCUT2D eigenvalue weighted by molar-refractivity contribution is 5.79. The Kier molecular flexibility index (Phi) is 4.50. The molecular weight excluding hydrogens is 282 g/mol. The van der Waals surface area contributed by atoms with Crippen LogP contribution in [0.3, 0.4) is 0 Å². The van der Waals surface area contributed by atoms with Crippen molar-refractivity contribution in [1.29, 1.82) is 0 Å². The van der Waals surface area contributed by atoms with Gasteiger partial charge >= 0.3 is 0 Å². The monoisotopic (exact) mass is 298 g/mol. The first-order valence-corrected chi connectivity index (χ1v) is 6.71. The second-order valence-electron chi connectivity index (χ2n) is 5.18. The molecule has 0 unspecified atom stereocenters. The molecular formula is C14H16F2N2O3. The number of hydrogen-bond acceptors (Lipinski definition) is 4. The van der Waals surface area contributed by atoms with E-state index in [0.717, 1.165) is 6.07 Å². The van der Waals surface area contributed by atoms with Crippen molar-refractivity contribution in [2.24, 2.45) is 0 Å². The molecule has 0 radical (unpaired) electrons. The van der Waals surface area contributed by atoms with Crippen LogP contribution in [-0.2, 0) is 4.79 Å². The molecule has 0 saturated heterocycles. The minimum absolute atomic E-state index is 0.00153. The number of halogens is 2. The van der Waals surface area contributed by atoms with Crippen molar-refractivity contribution < 1.29 is 18.5 Å². The van der Waals surface area contributed by atoms with Crippen LogP contribution < -0.4 is 4.90 Å². The van der Waals surface area contributed by atoms with Gasteiger partial charge in [0.15, 0.2) is 0 Å². The summed E-state index contributed by atoms with van der Waals surface area (Å²) < 4.78 is 26.3. The second-order valence-corrected chi connectivity index (χ2v) is 5.18. The van der Waals surface area contributed by atoms with Gasteiger partial charge in [-0.3, -0.25) is 14.9 Å². The minimum atomic E-state index is -2.78. The standard InChI is InChI=1S/C14H16F2N2O3/c1-17(9-2-5-11(19)6-3-9)13-7-4-10(18(20)21)8-12(13)14(15)16/h4,7-9,14H,2-3,5-6H2,1H3. The first-order valence-electron chi connectivity index (χ1n) is 6.71. The summed E-state index contributed by atoms with van der Waals surface area (Å²) in [5, 5.41) is 10.7. The molecule has 5 nitrogen and oxygen atoms in total. The predicted octanol–water partition coefficient (Wildman–Crippen LogP) is 3.48. The first kappa shape index (κ1) is 15.3. The molecule has 2 rings (SSSR count). The number of nitro groups is 1. The van der Waals surface area contributed by atoms with Crippen LogP contribution in [0.1, 0.15) is 37.7 Å². The molecule has 1 fully saturated rings. The lowest BCUT2D eigenvalue weighted by Crippen LogP contribution is -2.35. The van der Waals surface area contributed by atoms with Crippen molar-refractivity contribution in [3.63, 3.8) is 0 Å². The lowest BCUT2D eigenvalue weighted by atomic mass is 9.92. The van der Waals surface area contributed by atoms with Gasteiger partial charge < -0.3 is 4.90 Å². The largest absolute Gasteiger partial charge is 0.371 e. The van der Waals surface area contributed by atoms with Crippen LogP contribution in [0, 0.1) is 10.1 Å². The van der Waals surface area contributed by atoms with E-state index in [9.17, 15) is 23.7 Å². The van der Waals surface area contributed by atoms with E-state index in [1.54, 1.807) is 11.9 Å². The van der Waals surface area contributed by atoms with Gasteiger partial charge in [0.05, 0.1) is 4.92 Å². The van der Waals surface area contributed by atoms with Gasteiger partial charge in [-0.15, -0.1) is 0 Å². The maximum absolute atomic E-state index is 13.2. The van der Waals surface area contributed by atoms with Crippen molar-refractivity contribution in [1.82, 2.24) is 0 Å². The lowest BCUT2D eigenvalue weighted by molar-refractivity contribution is -0.385. The van der Waals surface area contributed by atoms with E-state index < -0.39 is 11.3 Å². The number of nitrogens with zero attached hydrogens (tertiary/aromatic N) is 2. The van der Waals surface area contributed by atoms with Crippen LogP contribution in [0.4, 0.5) is 20.2 Å². The lowest BCUT2D eigenvalue weighted by Gasteiger charge is -2.33.